The van der Waals surface area contributed by atoms with Gasteiger partial charge in [0.25, 0.3) is 0 Å². The largest absolute Gasteiger partial charge is 0.396 e. The zero-order chi connectivity index (χ0) is 16.9. The van der Waals surface area contributed by atoms with Gasteiger partial charge in [-0.25, -0.2) is 0 Å². The number of hydrogen-bond donors (Lipinski definition) is 1. The van der Waals surface area contributed by atoms with E-state index in [-0.39, 0.29) is 12.6 Å². The van der Waals surface area contributed by atoms with Gasteiger partial charge in [-0.05, 0) is 46.1 Å². The molecule has 0 amide bonds. The Balaban J connectivity index is 1.75. The average molecular weight is 410 g/mol. The van der Waals surface area contributed by atoms with Crippen molar-refractivity contribution in [3.63, 3.8) is 0 Å². The molecule has 5 heteroatoms. The van der Waals surface area contributed by atoms with Crippen molar-refractivity contribution >= 4 is 33.2 Å². The topological polar surface area (TPSA) is 26.7 Å². The van der Waals surface area contributed by atoms with Gasteiger partial charge in [-0.1, -0.05) is 41.9 Å². The van der Waals surface area contributed by atoms with Crippen LogP contribution in [0.15, 0.2) is 53.0 Å². The van der Waals surface area contributed by atoms with E-state index in [0.29, 0.717) is 0 Å². The number of halogens is 2. The lowest BCUT2D eigenvalue weighted by atomic mass is 10.1. The summed E-state index contributed by atoms with van der Waals surface area (Å²) in [6, 6.07) is 16.7. The average Bonchev–Trinajstić information content (AvgIpc) is 2.59. The highest BCUT2D eigenvalue weighted by molar-refractivity contribution is 9.10. The van der Waals surface area contributed by atoms with Gasteiger partial charge in [0.05, 0.1) is 5.69 Å². The van der Waals surface area contributed by atoms with Gasteiger partial charge in [-0.2, -0.15) is 0 Å². The summed E-state index contributed by atoms with van der Waals surface area (Å²) in [5.41, 5.74) is 2.44. The van der Waals surface area contributed by atoms with Crippen LogP contribution in [0, 0.1) is 0 Å². The van der Waals surface area contributed by atoms with Gasteiger partial charge in [0.2, 0.25) is 0 Å². The number of rotatable bonds is 5. The van der Waals surface area contributed by atoms with Gasteiger partial charge in [0, 0.05) is 48.3 Å². The molecule has 24 heavy (non-hydrogen) atoms. The van der Waals surface area contributed by atoms with Crippen molar-refractivity contribution in [3.8, 4) is 0 Å². The van der Waals surface area contributed by atoms with E-state index >= 15 is 0 Å². The molecule has 0 aliphatic carbocycles. The molecule has 0 saturated carbocycles. The first-order valence-electron chi connectivity index (χ1n) is 8.26. The van der Waals surface area contributed by atoms with Crippen LogP contribution in [0.3, 0.4) is 0 Å². The van der Waals surface area contributed by atoms with Crippen LogP contribution in [0.5, 0.6) is 0 Å². The van der Waals surface area contributed by atoms with Crippen LogP contribution in [0.2, 0.25) is 5.02 Å². The fourth-order valence-electron chi connectivity index (χ4n) is 3.32. The van der Waals surface area contributed by atoms with Crippen molar-refractivity contribution in [2.75, 3.05) is 31.1 Å². The first kappa shape index (κ1) is 17.7. The number of nitrogens with zero attached hydrogens (tertiary/aromatic N) is 2. The summed E-state index contributed by atoms with van der Waals surface area (Å²) in [7, 11) is 0. The molecule has 1 N–H and O–H groups in total. The summed E-state index contributed by atoms with van der Waals surface area (Å²) in [4.78, 5) is 4.83. The van der Waals surface area contributed by atoms with Gasteiger partial charge >= 0.3 is 0 Å². The number of piperazine rings is 1. The van der Waals surface area contributed by atoms with Gasteiger partial charge in [-0.15, -0.1) is 0 Å². The lowest BCUT2D eigenvalue weighted by Gasteiger charge is -2.43. The molecular weight excluding hydrogens is 388 g/mol. The van der Waals surface area contributed by atoms with Crippen molar-refractivity contribution in [1.82, 2.24) is 4.90 Å². The molecule has 2 aromatic rings. The van der Waals surface area contributed by atoms with Crippen molar-refractivity contribution in [2.45, 2.75) is 19.0 Å². The quantitative estimate of drug-likeness (QED) is 0.802. The summed E-state index contributed by atoms with van der Waals surface area (Å²) in [5.74, 6) is 0. The van der Waals surface area contributed by atoms with Crippen LogP contribution in [0.1, 0.15) is 12.0 Å². The second-order valence-corrected chi connectivity index (χ2v) is 7.47. The minimum absolute atomic E-state index is 0.193. The van der Waals surface area contributed by atoms with Crippen LogP contribution in [0.25, 0.3) is 0 Å². The highest BCUT2D eigenvalue weighted by Gasteiger charge is 2.28. The molecular formula is C19H22BrClN2O. The van der Waals surface area contributed by atoms with Crippen LogP contribution in [0.4, 0.5) is 5.69 Å². The first-order chi connectivity index (χ1) is 11.7. The molecule has 0 radical (unpaired) electrons. The molecule has 1 aliphatic heterocycles. The maximum atomic E-state index is 9.50. The molecule has 1 unspecified atom stereocenters. The third-order valence-corrected chi connectivity index (χ3v) is 5.40. The first-order valence-corrected chi connectivity index (χ1v) is 9.43. The van der Waals surface area contributed by atoms with E-state index in [1.165, 1.54) is 5.56 Å². The minimum atomic E-state index is 0.193. The lowest BCUT2D eigenvalue weighted by molar-refractivity contribution is 0.188. The van der Waals surface area contributed by atoms with Crippen molar-refractivity contribution in [2.24, 2.45) is 0 Å². The maximum absolute atomic E-state index is 9.50. The van der Waals surface area contributed by atoms with E-state index < -0.39 is 0 Å². The smallest absolute Gasteiger partial charge is 0.0529 e. The fourth-order valence-corrected chi connectivity index (χ4v) is 3.96. The third-order valence-electron chi connectivity index (χ3n) is 4.50. The Labute approximate surface area is 157 Å². The molecule has 1 saturated heterocycles. The second kappa shape index (κ2) is 8.34. The molecule has 3 rings (SSSR count). The van der Waals surface area contributed by atoms with Crippen molar-refractivity contribution in [3.05, 3.63) is 63.6 Å². The molecule has 3 nitrogen and oxygen atoms in total. The monoisotopic (exact) mass is 408 g/mol. The normalized spacial score (nSPS) is 18.8. The Morgan fingerprint density at radius 3 is 2.67 bits per heavy atom. The summed E-state index contributed by atoms with van der Waals surface area (Å²) in [6.45, 7) is 4.01. The van der Waals surface area contributed by atoms with Crippen molar-refractivity contribution < 1.29 is 5.11 Å². The SMILES string of the molecule is OCCC1CN(Cc2ccccc2)CCN1c1cc(Cl)ccc1Br. The summed E-state index contributed by atoms with van der Waals surface area (Å²) >= 11 is 9.83. The maximum Gasteiger partial charge on any atom is 0.0529 e. The molecule has 1 heterocycles. The number of benzene rings is 2. The molecule has 0 aromatic heterocycles. The van der Waals surface area contributed by atoms with E-state index in [1.54, 1.807) is 0 Å². The molecule has 1 fully saturated rings. The summed E-state index contributed by atoms with van der Waals surface area (Å²) in [6.07, 6.45) is 0.754. The Bertz CT molecular complexity index is 668. The predicted octanol–water partition coefficient (Wildman–Crippen LogP) is 4.18. The van der Waals surface area contributed by atoms with Crippen LogP contribution in [-0.2, 0) is 6.54 Å². The predicted molar refractivity (Wildman–Crippen MR) is 104 cm³/mol. The Hall–Kier alpha value is -1.07. The van der Waals surface area contributed by atoms with E-state index in [4.69, 9.17) is 11.6 Å². The number of anilines is 1. The molecule has 1 aliphatic rings. The Morgan fingerprint density at radius 2 is 1.92 bits per heavy atom. The minimum Gasteiger partial charge on any atom is -0.396 e. The molecule has 1 atom stereocenters. The molecule has 2 aromatic carbocycles. The summed E-state index contributed by atoms with van der Waals surface area (Å²) < 4.78 is 1.05. The molecule has 0 bridgehead atoms. The third kappa shape index (κ3) is 4.31. The zero-order valence-electron chi connectivity index (χ0n) is 13.5. The highest BCUT2D eigenvalue weighted by Crippen LogP contribution is 2.32. The van der Waals surface area contributed by atoms with Crippen LogP contribution < -0.4 is 4.90 Å². The van der Waals surface area contributed by atoms with Crippen LogP contribution >= 0.6 is 27.5 Å². The second-order valence-electron chi connectivity index (χ2n) is 6.18. The van der Waals surface area contributed by atoms with Gasteiger partial charge in [-0.3, -0.25) is 4.90 Å². The lowest BCUT2D eigenvalue weighted by Crippen LogP contribution is -2.53. The number of aliphatic hydroxyl groups is 1. The Morgan fingerprint density at radius 1 is 1.12 bits per heavy atom. The van der Waals surface area contributed by atoms with Crippen molar-refractivity contribution in [1.29, 1.82) is 0 Å². The fraction of sp³-hybridized carbons (Fsp3) is 0.368. The standard InChI is InChI=1S/C19H22BrClN2O/c20-18-7-6-16(21)12-19(18)23-10-9-22(14-17(23)8-11-24)13-15-4-2-1-3-5-15/h1-7,12,17,24H,8-11,13-14H2. The highest BCUT2D eigenvalue weighted by atomic mass is 79.9. The summed E-state index contributed by atoms with van der Waals surface area (Å²) in [5, 5.41) is 10.2. The Kier molecular flexibility index (Phi) is 6.17. The van der Waals surface area contributed by atoms with Gasteiger partial charge < -0.3 is 10.0 Å². The van der Waals surface area contributed by atoms with E-state index in [2.05, 4.69) is 50.0 Å². The van der Waals surface area contributed by atoms with Gasteiger partial charge in [0.15, 0.2) is 0 Å². The molecule has 0 spiro atoms. The zero-order valence-corrected chi connectivity index (χ0v) is 15.9. The molecule has 128 valence electrons. The van der Waals surface area contributed by atoms with Crippen LogP contribution in [-0.4, -0.2) is 42.3 Å². The number of aliphatic hydroxyl groups excluding tert-OH is 1. The van der Waals surface area contributed by atoms with E-state index in [9.17, 15) is 5.11 Å². The van der Waals surface area contributed by atoms with Gasteiger partial charge in [0.1, 0.15) is 0 Å². The van der Waals surface area contributed by atoms with E-state index in [0.717, 1.165) is 47.8 Å². The number of hydrogen-bond acceptors (Lipinski definition) is 3. The van der Waals surface area contributed by atoms with E-state index in [1.807, 2.05) is 24.3 Å².